The second-order valence-corrected chi connectivity index (χ2v) is 7.61. The van der Waals surface area contributed by atoms with Crippen LogP contribution in [0.5, 0.6) is 0 Å². The number of nitrogens with zero attached hydrogens (tertiary/aromatic N) is 2. The number of carbonyl (C=O) groups excluding carboxylic acids is 1. The van der Waals surface area contributed by atoms with Crippen molar-refractivity contribution >= 4 is 21.6 Å². The number of fused-ring (bicyclic) bond motifs is 2. The highest BCUT2D eigenvalue weighted by Gasteiger charge is 2.51. The standard InChI is InChI=1S/C14H18N2O3S/c1-15-12-6-4-3-5-11(12)14(13(15)17)7-9-16(10-8-14)20(2,18)19/h3-6H,7-10H2,1-2H3. The minimum Gasteiger partial charge on any atom is -0.314 e. The van der Waals surface area contributed by atoms with Crippen molar-refractivity contribution in [2.24, 2.45) is 0 Å². The molecule has 6 heteroatoms. The first-order chi connectivity index (χ1) is 9.36. The van der Waals surface area contributed by atoms with E-state index in [9.17, 15) is 13.2 Å². The van der Waals surface area contributed by atoms with E-state index in [1.54, 1.807) is 11.9 Å². The van der Waals surface area contributed by atoms with Crippen LogP contribution in [0.15, 0.2) is 24.3 Å². The van der Waals surface area contributed by atoms with E-state index in [-0.39, 0.29) is 5.91 Å². The van der Waals surface area contributed by atoms with Crippen molar-refractivity contribution in [3.05, 3.63) is 29.8 Å². The summed E-state index contributed by atoms with van der Waals surface area (Å²) in [6.45, 7) is 0.819. The summed E-state index contributed by atoms with van der Waals surface area (Å²) in [6, 6.07) is 7.81. The summed E-state index contributed by atoms with van der Waals surface area (Å²) in [7, 11) is -1.38. The van der Waals surface area contributed by atoms with Crippen molar-refractivity contribution < 1.29 is 13.2 Å². The molecule has 1 fully saturated rings. The minimum absolute atomic E-state index is 0.0897. The zero-order valence-corrected chi connectivity index (χ0v) is 12.5. The molecule has 5 nitrogen and oxygen atoms in total. The fourth-order valence-corrected chi connectivity index (χ4v) is 4.25. The molecule has 3 rings (SSSR count). The van der Waals surface area contributed by atoms with Gasteiger partial charge in [0.15, 0.2) is 0 Å². The summed E-state index contributed by atoms with van der Waals surface area (Å²) in [5, 5.41) is 0. The monoisotopic (exact) mass is 294 g/mol. The molecule has 2 aliphatic rings. The lowest BCUT2D eigenvalue weighted by atomic mass is 9.74. The fourth-order valence-electron chi connectivity index (χ4n) is 3.40. The fraction of sp³-hybridized carbons (Fsp3) is 0.500. The van der Waals surface area contributed by atoms with Crippen LogP contribution in [0.25, 0.3) is 0 Å². The Morgan fingerprint density at radius 2 is 1.75 bits per heavy atom. The number of hydrogen-bond donors (Lipinski definition) is 0. The Kier molecular flexibility index (Phi) is 2.92. The summed E-state index contributed by atoms with van der Waals surface area (Å²) in [4.78, 5) is 14.4. The number of benzene rings is 1. The Labute approximate surface area is 119 Å². The SMILES string of the molecule is CN1C(=O)C2(CCN(S(C)(=O)=O)CC2)c2ccccc21. The molecule has 2 aliphatic heterocycles. The zero-order chi connectivity index (χ0) is 14.5. The maximum Gasteiger partial charge on any atom is 0.237 e. The van der Waals surface area contributed by atoms with E-state index in [0.29, 0.717) is 25.9 Å². The molecule has 0 aliphatic carbocycles. The highest BCUT2D eigenvalue weighted by Crippen LogP contribution is 2.47. The van der Waals surface area contributed by atoms with Crippen LogP contribution in [0.1, 0.15) is 18.4 Å². The predicted molar refractivity (Wildman–Crippen MR) is 77.2 cm³/mol. The van der Waals surface area contributed by atoms with Crippen LogP contribution in [0, 0.1) is 0 Å². The summed E-state index contributed by atoms with van der Waals surface area (Å²) in [5.41, 5.74) is 1.46. The van der Waals surface area contributed by atoms with Gasteiger partial charge < -0.3 is 4.90 Å². The zero-order valence-electron chi connectivity index (χ0n) is 11.7. The van der Waals surface area contributed by atoms with Crippen LogP contribution in [0.2, 0.25) is 0 Å². The number of likely N-dealkylation sites (N-methyl/N-ethyl adjacent to an activating group) is 1. The van der Waals surface area contributed by atoms with Gasteiger partial charge in [-0.15, -0.1) is 0 Å². The molecule has 0 aromatic heterocycles. The van der Waals surface area contributed by atoms with Crippen LogP contribution >= 0.6 is 0 Å². The lowest BCUT2D eigenvalue weighted by Gasteiger charge is -2.37. The summed E-state index contributed by atoms with van der Waals surface area (Å²) in [5.74, 6) is 0.0897. The Balaban J connectivity index is 1.98. The topological polar surface area (TPSA) is 57.7 Å². The van der Waals surface area contributed by atoms with Crippen molar-refractivity contribution in [3.8, 4) is 0 Å². The van der Waals surface area contributed by atoms with Crippen LogP contribution < -0.4 is 4.90 Å². The van der Waals surface area contributed by atoms with Gasteiger partial charge in [-0.25, -0.2) is 12.7 Å². The summed E-state index contributed by atoms with van der Waals surface area (Å²) in [6.07, 6.45) is 2.34. The molecule has 0 bridgehead atoms. The van der Waals surface area contributed by atoms with Gasteiger partial charge in [0.05, 0.1) is 11.7 Å². The third kappa shape index (κ3) is 1.78. The number of anilines is 1. The Bertz CT molecular complexity index is 661. The molecule has 0 unspecified atom stereocenters. The average Bonchev–Trinajstić information content (AvgIpc) is 2.62. The first-order valence-corrected chi connectivity index (χ1v) is 8.54. The molecular formula is C14H18N2O3S. The number of sulfonamides is 1. The summed E-state index contributed by atoms with van der Waals surface area (Å²) >= 11 is 0. The van der Waals surface area contributed by atoms with E-state index >= 15 is 0 Å². The molecule has 108 valence electrons. The molecule has 1 saturated heterocycles. The van der Waals surface area contributed by atoms with Gasteiger partial charge in [-0.2, -0.15) is 0 Å². The number of amides is 1. The predicted octanol–water partition coefficient (Wildman–Crippen LogP) is 0.956. The van der Waals surface area contributed by atoms with Crippen molar-refractivity contribution in [1.29, 1.82) is 0 Å². The van der Waals surface area contributed by atoms with Gasteiger partial charge in [0.1, 0.15) is 0 Å². The van der Waals surface area contributed by atoms with Crippen molar-refractivity contribution in [1.82, 2.24) is 4.31 Å². The summed E-state index contributed by atoms with van der Waals surface area (Å²) < 4.78 is 24.7. The second kappa shape index (κ2) is 4.30. The first-order valence-electron chi connectivity index (χ1n) is 6.69. The third-order valence-corrected chi connectivity index (χ3v) is 5.84. The molecule has 2 heterocycles. The largest absolute Gasteiger partial charge is 0.314 e. The van der Waals surface area contributed by atoms with Crippen LogP contribution in [0.4, 0.5) is 5.69 Å². The first kappa shape index (κ1) is 13.6. The smallest absolute Gasteiger partial charge is 0.237 e. The van der Waals surface area contributed by atoms with Crippen LogP contribution in [0.3, 0.4) is 0 Å². The number of para-hydroxylation sites is 1. The quantitative estimate of drug-likeness (QED) is 0.775. The minimum atomic E-state index is -3.17. The van der Waals surface area contributed by atoms with Crippen LogP contribution in [-0.4, -0.2) is 45.0 Å². The molecule has 0 radical (unpaired) electrons. The van der Waals surface area contributed by atoms with E-state index in [4.69, 9.17) is 0 Å². The van der Waals surface area contributed by atoms with Crippen LogP contribution in [-0.2, 0) is 20.2 Å². The number of carbonyl (C=O) groups is 1. The van der Waals surface area contributed by atoms with Crippen molar-refractivity contribution in [2.75, 3.05) is 31.3 Å². The Hall–Kier alpha value is -1.40. The van der Waals surface area contributed by atoms with Gasteiger partial charge in [0.25, 0.3) is 0 Å². The average molecular weight is 294 g/mol. The molecule has 20 heavy (non-hydrogen) atoms. The number of rotatable bonds is 1. The lowest BCUT2D eigenvalue weighted by molar-refractivity contribution is -0.124. The molecule has 1 amide bonds. The van der Waals surface area contributed by atoms with Gasteiger partial charge in [-0.05, 0) is 24.5 Å². The highest BCUT2D eigenvalue weighted by molar-refractivity contribution is 7.88. The van der Waals surface area contributed by atoms with E-state index in [1.165, 1.54) is 10.6 Å². The number of piperidine rings is 1. The third-order valence-electron chi connectivity index (χ3n) is 4.54. The Morgan fingerprint density at radius 1 is 1.15 bits per heavy atom. The normalized spacial score (nSPS) is 22.3. The number of hydrogen-bond acceptors (Lipinski definition) is 3. The van der Waals surface area contributed by atoms with Crippen molar-refractivity contribution in [2.45, 2.75) is 18.3 Å². The van der Waals surface area contributed by atoms with E-state index < -0.39 is 15.4 Å². The maximum absolute atomic E-state index is 12.7. The van der Waals surface area contributed by atoms with Gasteiger partial charge in [0.2, 0.25) is 15.9 Å². The van der Waals surface area contributed by atoms with Gasteiger partial charge in [-0.3, -0.25) is 4.79 Å². The van der Waals surface area contributed by atoms with Gasteiger partial charge in [-0.1, -0.05) is 18.2 Å². The maximum atomic E-state index is 12.7. The Morgan fingerprint density at radius 3 is 2.35 bits per heavy atom. The molecule has 1 aromatic carbocycles. The molecule has 0 N–H and O–H groups in total. The van der Waals surface area contributed by atoms with E-state index in [0.717, 1.165) is 11.3 Å². The van der Waals surface area contributed by atoms with E-state index in [1.807, 2.05) is 24.3 Å². The molecule has 0 atom stereocenters. The molecular weight excluding hydrogens is 276 g/mol. The molecule has 1 spiro atoms. The van der Waals surface area contributed by atoms with Crippen molar-refractivity contribution in [3.63, 3.8) is 0 Å². The lowest BCUT2D eigenvalue weighted by Crippen LogP contribution is -2.49. The molecule has 1 aromatic rings. The van der Waals surface area contributed by atoms with Gasteiger partial charge in [0, 0.05) is 25.8 Å². The van der Waals surface area contributed by atoms with Gasteiger partial charge >= 0.3 is 0 Å². The second-order valence-electron chi connectivity index (χ2n) is 5.63. The molecule has 0 saturated carbocycles. The highest BCUT2D eigenvalue weighted by atomic mass is 32.2. The van der Waals surface area contributed by atoms with E-state index in [2.05, 4.69) is 0 Å².